The monoisotopic (exact) mass is 449 g/mol. The molecule has 2 aliphatic heterocycles. The van der Waals surface area contributed by atoms with Gasteiger partial charge in [0.05, 0.1) is 5.92 Å². The molecule has 0 bridgehead atoms. The molecular formula is C22H32BrN3O2. The number of aryl methyl sites for hydroxylation is 1. The fraction of sp³-hybridized carbons (Fsp3) is 0.636. The van der Waals surface area contributed by atoms with Crippen LogP contribution in [0.5, 0.6) is 0 Å². The van der Waals surface area contributed by atoms with Crippen LogP contribution in [0.3, 0.4) is 0 Å². The third kappa shape index (κ3) is 4.77. The van der Waals surface area contributed by atoms with Gasteiger partial charge in [-0.25, -0.2) is 0 Å². The van der Waals surface area contributed by atoms with Gasteiger partial charge in [0.15, 0.2) is 0 Å². The Balaban J connectivity index is 1.56. The third-order valence-electron chi connectivity index (χ3n) is 6.28. The Hall–Kier alpha value is -1.40. The molecule has 2 amide bonds. The van der Waals surface area contributed by atoms with E-state index in [-0.39, 0.29) is 17.7 Å². The van der Waals surface area contributed by atoms with Crippen LogP contribution in [-0.2, 0) is 9.59 Å². The first kappa shape index (κ1) is 21.3. The van der Waals surface area contributed by atoms with E-state index >= 15 is 0 Å². The maximum atomic E-state index is 13.0. The number of anilines is 1. The molecule has 2 saturated heterocycles. The van der Waals surface area contributed by atoms with Gasteiger partial charge in [0.25, 0.3) is 0 Å². The number of hydrogen-bond donors (Lipinski definition) is 0. The summed E-state index contributed by atoms with van der Waals surface area (Å²) in [4.78, 5) is 31.7. The van der Waals surface area contributed by atoms with Crippen molar-refractivity contribution in [2.24, 2.45) is 11.8 Å². The molecule has 1 atom stereocenters. The van der Waals surface area contributed by atoms with Crippen molar-refractivity contribution >= 4 is 33.4 Å². The van der Waals surface area contributed by atoms with Crippen molar-refractivity contribution in [3.8, 4) is 0 Å². The molecule has 3 rings (SSSR count). The molecule has 2 heterocycles. The first-order valence-corrected chi connectivity index (χ1v) is 11.1. The fourth-order valence-corrected chi connectivity index (χ4v) is 4.38. The van der Waals surface area contributed by atoms with Crippen LogP contribution in [-0.4, -0.2) is 60.9 Å². The van der Waals surface area contributed by atoms with Gasteiger partial charge in [0, 0.05) is 48.8 Å². The quantitative estimate of drug-likeness (QED) is 0.688. The number of rotatable bonds is 5. The normalized spacial score (nSPS) is 21.2. The molecule has 2 fully saturated rings. The largest absolute Gasteiger partial charge is 0.342 e. The van der Waals surface area contributed by atoms with Crippen LogP contribution >= 0.6 is 15.9 Å². The van der Waals surface area contributed by atoms with Crippen molar-refractivity contribution in [3.63, 3.8) is 0 Å². The molecular weight excluding hydrogens is 418 g/mol. The van der Waals surface area contributed by atoms with Gasteiger partial charge in [0.2, 0.25) is 11.8 Å². The zero-order valence-corrected chi connectivity index (χ0v) is 19.0. The molecule has 0 unspecified atom stereocenters. The van der Waals surface area contributed by atoms with Gasteiger partial charge < -0.3 is 14.7 Å². The fourth-order valence-electron chi connectivity index (χ4n) is 4.13. The van der Waals surface area contributed by atoms with Gasteiger partial charge in [0.1, 0.15) is 0 Å². The number of nitrogens with zero attached hydrogens (tertiary/aromatic N) is 3. The van der Waals surface area contributed by atoms with Crippen LogP contribution in [0.4, 0.5) is 5.69 Å². The van der Waals surface area contributed by atoms with Gasteiger partial charge in [-0.3, -0.25) is 9.59 Å². The summed E-state index contributed by atoms with van der Waals surface area (Å²) in [5, 5.41) is 0. The molecule has 0 saturated carbocycles. The number of hydrogen-bond acceptors (Lipinski definition) is 3. The molecule has 0 aliphatic carbocycles. The molecule has 0 radical (unpaired) electrons. The lowest BCUT2D eigenvalue weighted by atomic mass is 9.94. The van der Waals surface area contributed by atoms with E-state index in [9.17, 15) is 9.59 Å². The third-order valence-corrected chi connectivity index (χ3v) is 7.17. The van der Waals surface area contributed by atoms with E-state index in [1.165, 1.54) is 0 Å². The lowest BCUT2D eigenvalue weighted by molar-refractivity contribution is -0.137. The molecule has 0 spiro atoms. The number of carbonyl (C=O) groups is 2. The molecule has 2 aliphatic rings. The Morgan fingerprint density at radius 2 is 1.96 bits per heavy atom. The Kier molecular flexibility index (Phi) is 6.81. The number of carbonyl (C=O) groups excluding carboxylic acids is 2. The summed E-state index contributed by atoms with van der Waals surface area (Å²) in [5.41, 5.74) is 1.98. The highest BCUT2D eigenvalue weighted by molar-refractivity contribution is 9.10. The Bertz CT molecular complexity index is 728. The van der Waals surface area contributed by atoms with Crippen molar-refractivity contribution in [1.82, 2.24) is 9.80 Å². The summed E-state index contributed by atoms with van der Waals surface area (Å²) in [6.07, 6.45) is 2.43. The zero-order valence-electron chi connectivity index (χ0n) is 17.4. The number of piperidine rings is 1. The number of halogens is 1. The molecule has 0 aromatic heterocycles. The van der Waals surface area contributed by atoms with E-state index in [4.69, 9.17) is 0 Å². The first-order valence-electron chi connectivity index (χ1n) is 10.3. The van der Waals surface area contributed by atoms with E-state index in [0.717, 1.165) is 48.2 Å². The van der Waals surface area contributed by atoms with Crippen molar-refractivity contribution < 1.29 is 9.59 Å². The maximum Gasteiger partial charge on any atom is 0.228 e. The molecule has 1 aromatic carbocycles. The van der Waals surface area contributed by atoms with Crippen molar-refractivity contribution in [1.29, 1.82) is 0 Å². The molecule has 28 heavy (non-hydrogen) atoms. The van der Waals surface area contributed by atoms with Crippen molar-refractivity contribution in [2.45, 2.75) is 46.1 Å². The number of likely N-dealkylation sites (tertiary alicyclic amines) is 1. The summed E-state index contributed by atoms with van der Waals surface area (Å²) < 4.78 is 1.03. The molecule has 0 N–H and O–H groups in total. The Morgan fingerprint density at radius 1 is 1.29 bits per heavy atom. The highest BCUT2D eigenvalue weighted by atomic mass is 79.9. The summed E-state index contributed by atoms with van der Waals surface area (Å²) in [6, 6.07) is 6.47. The summed E-state index contributed by atoms with van der Waals surface area (Å²) in [7, 11) is 2.17. The van der Waals surface area contributed by atoms with E-state index in [0.29, 0.717) is 24.9 Å². The smallest absolute Gasteiger partial charge is 0.228 e. The Labute approximate surface area is 177 Å². The van der Waals surface area contributed by atoms with E-state index in [2.05, 4.69) is 41.7 Å². The summed E-state index contributed by atoms with van der Waals surface area (Å²) in [5.74, 6) is 0.643. The van der Waals surface area contributed by atoms with Crippen LogP contribution < -0.4 is 4.90 Å². The second-order valence-electron chi connectivity index (χ2n) is 8.64. The van der Waals surface area contributed by atoms with Crippen molar-refractivity contribution in [2.75, 3.05) is 38.1 Å². The SMILES string of the molecule is Cc1cc(N2C[C@H](C(=O)N3CCC(CN(C)C(C)C)CC3)CC2=O)ccc1Br. The summed E-state index contributed by atoms with van der Waals surface area (Å²) in [6.45, 7) is 9.67. The van der Waals surface area contributed by atoms with Gasteiger partial charge in [-0.05, 0) is 70.3 Å². The average Bonchev–Trinajstić information content (AvgIpc) is 3.05. The predicted octanol–water partition coefficient (Wildman–Crippen LogP) is 3.69. The topological polar surface area (TPSA) is 43.9 Å². The van der Waals surface area contributed by atoms with Crippen molar-refractivity contribution in [3.05, 3.63) is 28.2 Å². The van der Waals surface area contributed by atoms with Crippen LogP contribution in [0.25, 0.3) is 0 Å². The highest BCUT2D eigenvalue weighted by Gasteiger charge is 2.38. The Morgan fingerprint density at radius 3 is 2.57 bits per heavy atom. The lowest BCUT2D eigenvalue weighted by Gasteiger charge is -2.36. The zero-order chi connectivity index (χ0) is 20.4. The van der Waals surface area contributed by atoms with Crippen LogP contribution in [0.1, 0.15) is 38.7 Å². The van der Waals surface area contributed by atoms with Gasteiger partial charge in [-0.1, -0.05) is 15.9 Å². The van der Waals surface area contributed by atoms with Gasteiger partial charge in [-0.2, -0.15) is 0 Å². The lowest BCUT2D eigenvalue weighted by Crippen LogP contribution is -2.44. The number of benzene rings is 1. The summed E-state index contributed by atoms with van der Waals surface area (Å²) >= 11 is 3.50. The highest BCUT2D eigenvalue weighted by Crippen LogP contribution is 2.30. The maximum absolute atomic E-state index is 13.0. The standard InChI is InChI=1S/C22H32BrN3O2/c1-15(2)24(4)13-17-7-9-25(10-8-17)22(28)18-12-21(27)26(14-18)19-5-6-20(23)16(3)11-19/h5-6,11,15,17-18H,7-10,12-14H2,1-4H3/t18-/m1/s1. The first-order chi connectivity index (χ1) is 13.3. The molecule has 6 heteroatoms. The minimum Gasteiger partial charge on any atom is -0.342 e. The second kappa shape index (κ2) is 8.95. The van der Waals surface area contributed by atoms with E-state index in [1.807, 2.05) is 30.0 Å². The van der Waals surface area contributed by atoms with Crippen LogP contribution in [0.2, 0.25) is 0 Å². The second-order valence-corrected chi connectivity index (χ2v) is 9.50. The molecule has 1 aromatic rings. The van der Waals surface area contributed by atoms with E-state index < -0.39 is 0 Å². The number of amides is 2. The van der Waals surface area contributed by atoms with E-state index in [1.54, 1.807) is 4.90 Å². The molecule has 5 nitrogen and oxygen atoms in total. The van der Waals surface area contributed by atoms with Gasteiger partial charge >= 0.3 is 0 Å². The minimum atomic E-state index is -0.216. The molecule has 154 valence electrons. The predicted molar refractivity (Wildman–Crippen MR) is 116 cm³/mol. The van der Waals surface area contributed by atoms with Gasteiger partial charge in [-0.15, -0.1) is 0 Å². The minimum absolute atomic E-state index is 0.0496. The van der Waals surface area contributed by atoms with Crippen LogP contribution in [0.15, 0.2) is 22.7 Å². The average molecular weight is 450 g/mol. The van der Waals surface area contributed by atoms with Crippen LogP contribution in [0, 0.1) is 18.8 Å².